The number of phenols is 1. The number of rotatable bonds is 6. The summed E-state index contributed by atoms with van der Waals surface area (Å²) in [6.45, 7) is 8.31. The second-order valence-electron chi connectivity index (χ2n) is 11.4. The molecule has 1 fully saturated rings. The highest BCUT2D eigenvalue weighted by atomic mass is 35.5. The van der Waals surface area contributed by atoms with E-state index in [0.29, 0.717) is 45.8 Å². The van der Waals surface area contributed by atoms with E-state index >= 15 is 0 Å². The Kier molecular flexibility index (Phi) is 8.36. The van der Waals surface area contributed by atoms with Gasteiger partial charge in [-0.2, -0.15) is 0 Å². The minimum absolute atomic E-state index is 0.0679. The monoisotopic (exact) mass is 606 g/mol. The van der Waals surface area contributed by atoms with E-state index in [0.717, 1.165) is 31.3 Å². The number of aromatic hydroxyl groups is 1. The summed E-state index contributed by atoms with van der Waals surface area (Å²) in [4.78, 5) is 40.6. The maximum Gasteiger partial charge on any atom is 0.407 e. The Balaban J connectivity index is 1.40. The molecule has 4 aromatic rings. The van der Waals surface area contributed by atoms with Crippen molar-refractivity contribution in [2.45, 2.75) is 52.2 Å². The van der Waals surface area contributed by atoms with Crippen molar-refractivity contribution in [3.05, 3.63) is 65.2 Å². The van der Waals surface area contributed by atoms with Gasteiger partial charge in [0, 0.05) is 30.9 Å². The van der Waals surface area contributed by atoms with E-state index < -0.39 is 23.3 Å². The second-order valence-corrected chi connectivity index (χ2v) is 11.8. The smallest absolute Gasteiger partial charge is 0.407 e. The van der Waals surface area contributed by atoms with E-state index in [1.165, 1.54) is 19.2 Å². The SMILES string of the molecule is CC(=O)c1cnc2ccc(-c3cc(F)c(O)c(Cl)c3)nc2c1Nc1ccc(N2CCC[C@H](NC(=O)OC(C)(C)C)C2)nc1. The van der Waals surface area contributed by atoms with E-state index in [2.05, 4.69) is 30.5 Å². The molecular formula is C31H32ClFN6O4. The molecule has 0 saturated carbocycles. The number of halogens is 2. The van der Waals surface area contributed by atoms with Gasteiger partial charge in [-0.1, -0.05) is 11.6 Å². The van der Waals surface area contributed by atoms with Gasteiger partial charge in [-0.25, -0.2) is 19.2 Å². The molecule has 224 valence electrons. The molecule has 12 heteroatoms. The van der Waals surface area contributed by atoms with Gasteiger partial charge < -0.3 is 25.4 Å². The van der Waals surface area contributed by atoms with E-state index in [4.69, 9.17) is 16.3 Å². The molecular weight excluding hydrogens is 575 g/mol. The summed E-state index contributed by atoms with van der Waals surface area (Å²) in [6, 6.07) is 9.58. The third kappa shape index (κ3) is 6.94. The zero-order chi connectivity index (χ0) is 30.9. The molecule has 0 aliphatic carbocycles. The Bertz CT molecular complexity index is 1670. The number of benzene rings is 1. The van der Waals surface area contributed by atoms with Gasteiger partial charge in [-0.15, -0.1) is 0 Å². The quantitative estimate of drug-likeness (QED) is 0.207. The molecule has 43 heavy (non-hydrogen) atoms. The second kappa shape index (κ2) is 12.0. The summed E-state index contributed by atoms with van der Waals surface area (Å²) in [5, 5.41) is 15.8. The lowest BCUT2D eigenvalue weighted by Gasteiger charge is -2.34. The van der Waals surface area contributed by atoms with Crippen LogP contribution in [-0.2, 0) is 4.74 Å². The molecule has 1 saturated heterocycles. The van der Waals surface area contributed by atoms with Crippen molar-refractivity contribution in [1.82, 2.24) is 20.3 Å². The van der Waals surface area contributed by atoms with Crippen LogP contribution in [0.2, 0.25) is 5.02 Å². The van der Waals surface area contributed by atoms with Gasteiger partial charge in [-0.3, -0.25) is 9.78 Å². The first-order chi connectivity index (χ1) is 20.4. The lowest BCUT2D eigenvalue weighted by molar-refractivity contribution is 0.0499. The van der Waals surface area contributed by atoms with Gasteiger partial charge >= 0.3 is 6.09 Å². The summed E-state index contributed by atoms with van der Waals surface area (Å²) in [5.74, 6) is -0.974. The molecule has 1 atom stereocenters. The van der Waals surface area contributed by atoms with Crippen molar-refractivity contribution < 1.29 is 23.8 Å². The van der Waals surface area contributed by atoms with Crippen LogP contribution in [0.4, 0.5) is 26.4 Å². The normalized spacial score (nSPS) is 15.3. The molecule has 1 aliphatic rings. The van der Waals surface area contributed by atoms with Gasteiger partial charge in [-0.05, 0) is 76.9 Å². The van der Waals surface area contributed by atoms with Crippen LogP contribution in [0, 0.1) is 5.82 Å². The van der Waals surface area contributed by atoms with Crippen LogP contribution in [-0.4, -0.2) is 56.7 Å². The highest BCUT2D eigenvalue weighted by Crippen LogP contribution is 2.34. The first-order valence-electron chi connectivity index (χ1n) is 13.8. The van der Waals surface area contributed by atoms with Crippen LogP contribution in [0.15, 0.2) is 48.8 Å². The fraction of sp³-hybridized carbons (Fsp3) is 0.323. The molecule has 1 aliphatic heterocycles. The Morgan fingerprint density at radius 2 is 1.93 bits per heavy atom. The number of fused-ring (bicyclic) bond motifs is 1. The number of hydrogen-bond acceptors (Lipinski definition) is 9. The zero-order valence-corrected chi connectivity index (χ0v) is 25.0. The Labute approximate surface area is 253 Å². The average molecular weight is 607 g/mol. The largest absolute Gasteiger partial charge is 0.504 e. The highest BCUT2D eigenvalue weighted by Gasteiger charge is 2.25. The number of amides is 1. The highest BCUT2D eigenvalue weighted by molar-refractivity contribution is 6.32. The summed E-state index contributed by atoms with van der Waals surface area (Å²) in [5.41, 5.74) is 2.45. The molecule has 1 amide bonds. The molecule has 10 nitrogen and oxygen atoms in total. The summed E-state index contributed by atoms with van der Waals surface area (Å²) in [7, 11) is 0. The number of aromatic nitrogens is 3. The number of piperidine rings is 1. The minimum atomic E-state index is -0.870. The molecule has 0 spiro atoms. The number of carbonyl (C=O) groups is 2. The predicted octanol–water partition coefficient (Wildman–Crippen LogP) is 6.63. The van der Waals surface area contributed by atoms with Crippen LogP contribution in [0.1, 0.15) is 50.9 Å². The molecule has 0 unspecified atom stereocenters. The van der Waals surface area contributed by atoms with E-state index in [-0.39, 0.29) is 16.8 Å². The topological polar surface area (TPSA) is 130 Å². The lowest BCUT2D eigenvalue weighted by Crippen LogP contribution is -2.49. The Hall–Kier alpha value is -4.51. The van der Waals surface area contributed by atoms with E-state index in [1.807, 2.05) is 32.9 Å². The van der Waals surface area contributed by atoms with Crippen molar-refractivity contribution in [3.8, 4) is 17.0 Å². The number of ketones is 1. The number of carbonyl (C=O) groups excluding carboxylic acids is 2. The van der Waals surface area contributed by atoms with Crippen LogP contribution in [0.3, 0.4) is 0 Å². The van der Waals surface area contributed by atoms with Crippen molar-refractivity contribution in [2.24, 2.45) is 0 Å². The van der Waals surface area contributed by atoms with Crippen molar-refractivity contribution in [1.29, 1.82) is 0 Å². The molecule has 5 rings (SSSR count). The average Bonchev–Trinajstić information content (AvgIpc) is 2.95. The van der Waals surface area contributed by atoms with Gasteiger partial charge in [0.25, 0.3) is 0 Å². The summed E-state index contributed by atoms with van der Waals surface area (Å²) >= 11 is 5.99. The lowest BCUT2D eigenvalue weighted by atomic mass is 10.1. The number of Topliss-reactive ketones (excluding diaryl/α,β-unsaturated/α-hetero) is 1. The fourth-order valence-corrected chi connectivity index (χ4v) is 5.11. The van der Waals surface area contributed by atoms with Gasteiger partial charge in [0.2, 0.25) is 0 Å². The summed E-state index contributed by atoms with van der Waals surface area (Å²) < 4.78 is 19.6. The molecule has 4 heterocycles. The minimum Gasteiger partial charge on any atom is -0.504 e. The molecule has 0 bridgehead atoms. The van der Waals surface area contributed by atoms with E-state index in [9.17, 15) is 19.1 Å². The number of alkyl carbamates (subject to hydrolysis) is 1. The van der Waals surface area contributed by atoms with Crippen LogP contribution >= 0.6 is 11.6 Å². The number of anilines is 3. The first kappa shape index (κ1) is 30.0. The van der Waals surface area contributed by atoms with Crippen molar-refractivity contribution in [2.75, 3.05) is 23.3 Å². The van der Waals surface area contributed by atoms with Crippen LogP contribution in [0.25, 0.3) is 22.3 Å². The Morgan fingerprint density at radius 1 is 1.14 bits per heavy atom. The maximum absolute atomic E-state index is 14.2. The molecule has 3 N–H and O–H groups in total. The number of ether oxygens (including phenoxy) is 1. The fourth-order valence-electron chi connectivity index (χ4n) is 4.90. The van der Waals surface area contributed by atoms with Crippen molar-refractivity contribution >= 4 is 51.7 Å². The first-order valence-corrected chi connectivity index (χ1v) is 14.2. The summed E-state index contributed by atoms with van der Waals surface area (Å²) in [6.07, 6.45) is 4.44. The van der Waals surface area contributed by atoms with Gasteiger partial charge in [0.05, 0.1) is 39.4 Å². The zero-order valence-electron chi connectivity index (χ0n) is 24.2. The molecule has 3 aromatic heterocycles. The number of nitrogens with one attached hydrogen (secondary N) is 2. The van der Waals surface area contributed by atoms with Gasteiger partial charge in [0.15, 0.2) is 17.3 Å². The van der Waals surface area contributed by atoms with E-state index in [1.54, 1.807) is 18.3 Å². The number of pyridine rings is 3. The van der Waals surface area contributed by atoms with Crippen molar-refractivity contribution in [3.63, 3.8) is 0 Å². The third-order valence-corrected chi connectivity index (χ3v) is 7.18. The predicted molar refractivity (Wildman–Crippen MR) is 164 cm³/mol. The molecule has 0 radical (unpaired) electrons. The number of nitrogens with zero attached hydrogens (tertiary/aromatic N) is 4. The Morgan fingerprint density at radius 3 is 2.60 bits per heavy atom. The molecule has 1 aromatic carbocycles. The van der Waals surface area contributed by atoms with Crippen LogP contribution in [0.5, 0.6) is 5.75 Å². The maximum atomic E-state index is 14.2. The number of phenolic OH excluding ortho intramolecular Hbond substituents is 1. The third-order valence-electron chi connectivity index (χ3n) is 6.89. The standard InChI is InChI=1S/C31H32ClFN6O4/c1-17(40)21-15-34-25-9-8-24(18-12-22(32)29(41)23(33)13-18)38-28(25)27(21)36-19-7-10-26(35-14-19)39-11-5-6-20(16-39)37-30(42)43-31(2,3)4/h7-10,12-15,20,41H,5-6,11,16H2,1-4H3,(H,34,36)(H,37,42)/t20-/m0/s1. The van der Waals surface area contributed by atoms with Crippen LogP contribution < -0.4 is 15.5 Å². The van der Waals surface area contributed by atoms with Gasteiger partial charge in [0.1, 0.15) is 16.9 Å². The number of hydrogen-bond donors (Lipinski definition) is 3.